The number of hydrogen-bond acceptors (Lipinski definition) is 5. The third kappa shape index (κ3) is 2.99. The number of benzene rings is 2. The Morgan fingerprint density at radius 1 is 1.08 bits per heavy atom. The van der Waals surface area contributed by atoms with Gasteiger partial charge in [-0.15, -0.1) is 0 Å². The van der Waals surface area contributed by atoms with Crippen LogP contribution in [-0.2, 0) is 10.0 Å². The van der Waals surface area contributed by atoms with E-state index in [9.17, 15) is 8.42 Å². The van der Waals surface area contributed by atoms with Gasteiger partial charge in [-0.3, -0.25) is 4.31 Å². The zero-order chi connectivity index (χ0) is 17.2. The number of sulfonamides is 1. The lowest BCUT2D eigenvalue weighted by atomic mass is 10.3. The number of hydrogen-bond donors (Lipinski definition) is 0. The molecule has 7 heteroatoms. The van der Waals surface area contributed by atoms with Crippen LogP contribution in [-0.4, -0.2) is 35.3 Å². The maximum atomic E-state index is 13.0. The largest absolute Gasteiger partial charge is 0.497 e. The Bertz CT molecular complexity index is 835. The van der Waals surface area contributed by atoms with Crippen molar-refractivity contribution in [2.75, 3.05) is 31.2 Å². The van der Waals surface area contributed by atoms with Gasteiger partial charge in [0.15, 0.2) is 11.5 Å². The summed E-state index contributed by atoms with van der Waals surface area (Å²) < 4.78 is 43.5. The Kier molecular flexibility index (Phi) is 4.53. The summed E-state index contributed by atoms with van der Waals surface area (Å²) >= 11 is 0. The number of rotatable bonds is 5. The van der Waals surface area contributed by atoms with Crippen molar-refractivity contribution in [2.45, 2.75) is 11.8 Å². The van der Waals surface area contributed by atoms with Crippen LogP contribution >= 0.6 is 0 Å². The molecule has 0 bridgehead atoms. The summed E-state index contributed by atoms with van der Waals surface area (Å²) in [5.41, 5.74) is 0.548. The lowest BCUT2D eigenvalue weighted by Crippen LogP contribution is -2.31. The molecular weight excluding hydrogens is 330 g/mol. The topological polar surface area (TPSA) is 65.1 Å². The van der Waals surface area contributed by atoms with Gasteiger partial charge in [-0.1, -0.05) is 6.07 Å². The molecule has 0 saturated heterocycles. The highest BCUT2D eigenvalue weighted by molar-refractivity contribution is 7.92. The normalized spacial score (nSPS) is 13.4. The summed E-state index contributed by atoms with van der Waals surface area (Å²) in [5, 5.41) is 0. The second-order valence-corrected chi connectivity index (χ2v) is 7.04. The first kappa shape index (κ1) is 16.4. The molecule has 0 unspecified atom stereocenters. The van der Waals surface area contributed by atoms with Crippen LogP contribution in [0.5, 0.6) is 17.2 Å². The molecule has 0 N–H and O–H groups in total. The van der Waals surface area contributed by atoms with E-state index in [1.165, 1.54) is 16.4 Å². The van der Waals surface area contributed by atoms with Crippen molar-refractivity contribution in [1.29, 1.82) is 0 Å². The quantitative estimate of drug-likeness (QED) is 0.830. The number of fused-ring (bicyclic) bond motifs is 1. The maximum Gasteiger partial charge on any atom is 0.264 e. The maximum absolute atomic E-state index is 13.0. The van der Waals surface area contributed by atoms with Crippen molar-refractivity contribution in [1.82, 2.24) is 0 Å². The molecule has 0 aromatic heterocycles. The Hall–Kier alpha value is -2.41. The van der Waals surface area contributed by atoms with E-state index in [4.69, 9.17) is 14.2 Å². The average molecular weight is 349 g/mol. The van der Waals surface area contributed by atoms with E-state index in [1.54, 1.807) is 44.4 Å². The number of methoxy groups -OCH3 is 1. The molecule has 0 spiro atoms. The zero-order valence-corrected chi connectivity index (χ0v) is 14.4. The molecule has 3 rings (SSSR count). The smallest absolute Gasteiger partial charge is 0.264 e. The summed E-state index contributed by atoms with van der Waals surface area (Å²) in [6.07, 6.45) is 0. The number of ether oxygens (including phenoxy) is 3. The van der Waals surface area contributed by atoms with Crippen LogP contribution < -0.4 is 18.5 Å². The lowest BCUT2D eigenvalue weighted by Gasteiger charge is -2.24. The van der Waals surface area contributed by atoms with Gasteiger partial charge in [0.05, 0.1) is 17.7 Å². The average Bonchev–Trinajstić information content (AvgIpc) is 2.62. The molecule has 0 aliphatic carbocycles. The third-order valence-corrected chi connectivity index (χ3v) is 5.63. The van der Waals surface area contributed by atoms with Crippen LogP contribution in [0.1, 0.15) is 6.92 Å². The molecule has 24 heavy (non-hydrogen) atoms. The minimum absolute atomic E-state index is 0.163. The fraction of sp³-hybridized carbons (Fsp3) is 0.294. The van der Waals surface area contributed by atoms with Crippen molar-refractivity contribution in [2.24, 2.45) is 0 Å². The predicted molar refractivity (Wildman–Crippen MR) is 90.6 cm³/mol. The van der Waals surface area contributed by atoms with E-state index in [0.29, 0.717) is 42.7 Å². The minimum atomic E-state index is -3.72. The molecule has 0 fully saturated rings. The highest BCUT2D eigenvalue weighted by Crippen LogP contribution is 2.34. The van der Waals surface area contributed by atoms with Gasteiger partial charge < -0.3 is 14.2 Å². The molecule has 0 radical (unpaired) electrons. The predicted octanol–water partition coefficient (Wildman–Crippen LogP) is 2.68. The molecule has 0 atom stereocenters. The molecule has 0 amide bonds. The molecular formula is C17H19NO5S. The van der Waals surface area contributed by atoms with E-state index in [-0.39, 0.29) is 4.90 Å². The molecule has 0 saturated carbocycles. The Morgan fingerprint density at radius 2 is 1.83 bits per heavy atom. The van der Waals surface area contributed by atoms with Crippen LogP contribution in [0, 0.1) is 0 Å². The fourth-order valence-corrected chi connectivity index (χ4v) is 4.05. The number of nitrogens with zero attached hydrogens (tertiary/aromatic N) is 1. The van der Waals surface area contributed by atoms with Crippen LogP contribution in [0.2, 0.25) is 0 Å². The van der Waals surface area contributed by atoms with Crippen LogP contribution in [0.3, 0.4) is 0 Å². The molecule has 1 aliphatic heterocycles. The molecule has 6 nitrogen and oxygen atoms in total. The fourth-order valence-electron chi connectivity index (χ4n) is 2.57. The van der Waals surface area contributed by atoms with Gasteiger partial charge >= 0.3 is 0 Å². The van der Waals surface area contributed by atoms with Crippen molar-refractivity contribution < 1.29 is 22.6 Å². The third-order valence-electron chi connectivity index (χ3n) is 3.73. The Morgan fingerprint density at radius 3 is 2.54 bits per heavy atom. The van der Waals surface area contributed by atoms with Crippen molar-refractivity contribution in [3.8, 4) is 17.2 Å². The van der Waals surface area contributed by atoms with Crippen LogP contribution in [0.15, 0.2) is 47.4 Å². The van der Waals surface area contributed by atoms with E-state index >= 15 is 0 Å². The van der Waals surface area contributed by atoms with Gasteiger partial charge in [0.1, 0.15) is 19.0 Å². The first-order chi connectivity index (χ1) is 11.6. The second-order valence-electron chi connectivity index (χ2n) is 5.18. The summed E-state index contributed by atoms with van der Waals surface area (Å²) in [6.45, 7) is 2.95. The summed E-state index contributed by atoms with van der Waals surface area (Å²) in [5.74, 6) is 1.61. The van der Waals surface area contributed by atoms with Crippen molar-refractivity contribution >= 4 is 15.7 Å². The van der Waals surface area contributed by atoms with E-state index in [2.05, 4.69) is 0 Å². The monoisotopic (exact) mass is 349 g/mol. The molecule has 2 aromatic carbocycles. The SMILES string of the molecule is CCN(c1cccc(OC)c1)S(=O)(=O)c1ccc2c(c1)OCCO2. The number of anilines is 1. The van der Waals surface area contributed by atoms with Crippen molar-refractivity contribution in [3.05, 3.63) is 42.5 Å². The van der Waals surface area contributed by atoms with Crippen LogP contribution in [0.4, 0.5) is 5.69 Å². The Labute approximate surface area is 141 Å². The molecule has 1 aliphatic rings. The van der Waals surface area contributed by atoms with Gasteiger partial charge in [0.2, 0.25) is 0 Å². The summed E-state index contributed by atoms with van der Waals surface area (Å²) in [7, 11) is -2.17. The highest BCUT2D eigenvalue weighted by Gasteiger charge is 2.26. The van der Waals surface area contributed by atoms with E-state index in [1.807, 2.05) is 0 Å². The first-order valence-corrected chi connectivity index (χ1v) is 9.06. The second kappa shape index (κ2) is 6.60. The first-order valence-electron chi connectivity index (χ1n) is 7.62. The summed E-state index contributed by atoms with van der Waals surface area (Å²) in [6, 6.07) is 11.6. The van der Waals surface area contributed by atoms with Gasteiger partial charge in [-0.05, 0) is 31.2 Å². The van der Waals surface area contributed by atoms with Gasteiger partial charge in [0, 0.05) is 18.7 Å². The Balaban J connectivity index is 2.01. The standard InChI is InChI=1S/C17H19NO5S/c1-3-18(13-5-4-6-14(11-13)21-2)24(19,20)15-7-8-16-17(12-15)23-10-9-22-16/h4-8,11-12H,3,9-10H2,1-2H3. The molecule has 2 aromatic rings. The van der Waals surface area contributed by atoms with Gasteiger partial charge in [-0.2, -0.15) is 0 Å². The van der Waals surface area contributed by atoms with Gasteiger partial charge in [0.25, 0.3) is 10.0 Å². The zero-order valence-electron chi connectivity index (χ0n) is 13.6. The minimum Gasteiger partial charge on any atom is -0.497 e. The van der Waals surface area contributed by atoms with Crippen molar-refractivity contribution in [3.63, 3.8) is 0 Å². The highest BCUT2D eigenvalue weighted by atomic mass is 32.2. The van der Waals surface area contributed by atoms with Gasteiger partial charge in [-0.25, -0.2) is 8.42 Å². The van der Waals surface area contributed by atoms with Crippen LogP contribution in [0.25, 0.3) is 0 Å². The molecule has 1 heterocycles. The summed E-state index contributed by atoms with van der Waals surface area (Å²) in [4.78, 5) is 0.163. The van der Waals surface area contributed by atoms with E-state index in [0.717, 1.165) is 0 Å². The lowest BCUT2D eigenvalue weighted by molar-refractivity contribution is 0.171. The van der Waals surface area contributed by atoms with E-state index < -0.39 is 10.0 Å². The molecule has 128 valence electrons.